The van der Waals surface area contributed by atoms with Gasteiger partial charge in [0.1, 0.15) is 0 Å². The lowest BCUT2D eigenvalue weighted by Crippen LogP contribution is -2.08. The highest BCUT2D eigenvalue weighted by Crippen LogP contribution is 2.38. The van der Waals surface area contributed by atoms with Crippen LogP contribution in [0.1, 0.15) is 11.1 Å². The molecule has 0 saturated heterocycles. The van der Waals surface area contributed by atoms with E-state index in [1.165, 1.54) is 16.7 Å². The molecule has 22 heavy (non-hydrogen) atoms. The van der Waals surface area contributed by atoms with Crippen LogP contribution in [0.25, 0.3) is 11.1 Å². The van der Waals surface area contributed by atoms with Crippen molar-refractivity contribution < 1.29 is 14.7 Å². The number of fused-ring (bicyclic) bond motifs is 3. The topological polar surface area (TPSA) is 66.4 Å². The second kappa shape index (κ2) is 5.77. The van der Waals surface area contributed by atoms with E-state index >= 15 is 0 Å². The number of carboxylic acids is 1. The number of carbonyl (C=O) groups excluding carboxylic acids is 1. The molecular weight excluding hydrogens is 346 g/mol. The van der Waals surface area contributed by atoms with Gasteiger partial charge in [-0.1, -0.05) is 28.1 Å². The van der Waals surface area contributed by atoms with Gasteiger partial charge in [-0.3, -0.25) is 4.79 Å². The van der Waals surface area contributed by atoms with Crippen LogP contribution in [0, 0.1) is 0 Å². The number of anilines is 1. The van der Waals surface area contributed by atoms with E-state index in [4.69, 9.17) is 5.11 Å². The number of carboxylic acid groups (broad SMARTS) is 1. The molecule has 0 fully saturated rings. The van der Waals surface area contributed by atoms with Crippen LogP contribution in [0.5, 0.6) is 0 Å². The van der Waals surface area contributed by atoms with Crippen molar-refractivity contribution in [3.05, 3.63) is 64.1 Å². The third-order valence-electron chi connectivity index (χ3n) is 3.49. The second-order valence-corrected chi connectivity index (χ2v) is 5.93. The predicted molar refractivity (Wildman–Crippen MR) is 87.8 cm³/mol. The molecular formula is C17H12BrNO3. The van der Waals surface area contributed by atoms with Crippen molar-refractivity contribution in [3.8, 4) is 11.1 Å². The molecule has 4 nitrogen and oxygen atoms in total. The van der Waals surface area contributed by atoms with Gasteiger partial charge in [-0.15, -0.1) is 0 Å². The van der Waals surface area contributed by atoms with Gasteiger partial charge in [0.05, 0.1) is 0 Å². The maximum absolute atomic E-state index is 11.6. The van der Waals surface area contributed by atoms with Gasteiger partial charge in [-0.05, 0) is 52.9 Å². The SMILES string of the molecule is O=C(O)/C=C/C(=O)Nc1ccc2c(c1)Cc1cc(Br)ccc1-2. The summed E-state index contributed by atoms with van der Waals surface area (Å²) in [5, 5.41) is 11.2. The maximum Gasteiger partial charge on any atom is 0.328 e. The molecule has 1 amide bonds. The minimum Gasteiger partial charge on any atom is -0.478 e. The first-order valence-electron chi connectivity index (χ1n) is 6.66. The highest BCUT2D eigenvalue weighted by molar-refractivity contribution is 9.10. The fourth-order valence-corrected chi connectivity index (χ4v) is 3.00. The van der Waals surface area contributed by atoms with Gasteiger partial charge >= 0.3 is 5.97 Å². The Kier molecular flexibility index (Phi) is 3.81. The Balaban J connectivity index is 1.82. The van der Waals surface area contributed by atoms with Crippen molar-refractivity contribution in [2.24, 2.45) is 0 Å². The number of hydrogen-bond donors (Lipinski definition) is 2. The van der Waals surface area contributed by atoms with E-state index < -0.39 is 11.9 Å². The molecule has 0 saturated carbocycles. The van der Waals surface area contributed by atoms with Gasteiger partial charge in [0, 0.05) is 22.3 Å². The van der Waals surface area contributed by atoms with E-state index in [-0.39, 0.29) is 0 Å². The molecule has 2 N–H and O–H groups in total. The minimum absolute atomic E-state index is 0.458. The minimum atomic E-state index is -1.15. The van der Waals surface area contributed by atoms with Crippen molar-refractivity contribution in [3.63, 3.8) is 0 Å². The fraction of sp³-hybridized carbons (Fsp3) is 0.0588. The molecule has 0 bridgehead atoms. The molecule has 0 aromatic heterocycles. The molecule has 5 heteroatoms. The number of amides is 1. The zero-order valence-corrected chi connectivity index (χ0v) is 13.1. The quantitative estimate of drug-likeness (QED) is 0.703. The average molecular weight is 358 g/mol. The zero-order chi connectivity index (χ0) is 15.7. The lowest BCUT2D eigenvalue weighted by Gasteiger charge is -2.05. The molecule has 1 aliphatic carbocycles. The molecule has 0 heterocycles. The smallest absolute Gasteiger partial charge is 0.328 e. The zero-order valence-electron chi connectivity index (χ0n) is 11.5. The van der Waals surface area contributed by atoms with Crippen molar-refractivity contribution in [2.75, 3.05) is 5.32 Å². The van der Waals surface area contributed by atoms with Gasteiger partial charge in [-0.25, -0.2) is 4.79 Å². The van der Waals surface area contributed by atoms with Crippen LogP contribution in [0.3, 0.4) is 0 Å². The first-order valence-corrected chi connectivity index (χ1v) is 7.46. The lowest BCUT2D eigenvalue weighted by molar-refractivity contribution is -0.131. The van der Waals surface area contributed by atoms with Crippen molar-refractivity contribution in [1.29, 1.82) is 0 Å². The lowest BCUT2D eigenvalue weighted by atomic mass is 10.1. The monoisotopic (exact) mass is 357 g/mol. The summed E-state index contributed by atoms with van der Waals surface area (Å²) in [6.07, 6.45) is 2.64. The summed E-state index contributed by atoms with van der Waals surface area (Å²) >= 11 is 3.47. The molecule has 1 aliphatic rings. The fourth-order valence-electron chi connectivity index (χ4n) is 2.59. The highest BCUT2D eigenvalue weighted by atomic mass is 79.9. The number of aliphatic carboxylic acids is 1. The Morgan fingerprint density at radius 3 is 2.45 bits per heavy atom. The molecule has 2 aromatic rings. The Hall–Kier alpha value is -2.40. The number of halogens is 1. The van der Waals surface area contributed by atoms with Crippen molar-refractivity contribution in [2.45, 2.75) is 6.42 Å². The molecule has 0 atom stereocenters. The van der Waals surface area contributed by atoms with E-state index in [1.54, 1.807) is 0 Å². The van der Waals surface area contributed by atoms with Gasteiger partial charge in [0.25, 0.3) is 0 Å². The van der Waals surface area contributed by atoms with E-state index in [9.17, 15) is 9.59 Å². The van der Waals surface area contributed by atoms with E-state index in [0.717, 1.165) is 28.6 Å². The second-order valence-electron chi connectivity index (χ2n) is 5.01. The highest BCUT2D eigenvalue weighted by Gasteiger charge is 2.18. The predicted octanol–water partition coefficient (Wildman–Crippen LogP) is 3.60. The number of hydrogen-bond acceptors (Lipinski definition) is 2. The Morgan fingerprint density at radius 2 is 1.73 bits per heavy atom. The summed E-state index contributed by atoms with van der Waals surface area (Å²) in [5.41, 5.74) is 5.43. The molecule has 3 rings (SSSR count). The van der Waals surface area contributed by atoms with E-state index in [1.807, 2.05) is 24.3 Å². The van der Waals surface area contributed by atoms with Crippen LogP contribution in [-0.2, 0) is 16.0 Å². The standard InChI is InChI=1S/C17H12BrNO3/c18-12-1-3-14-10(8-12)7-11-9-13(2-4-15(11)14)19-16(20)5-6-17(21)22/h1-6,8-9H,7H2,(H,19,20)(H,21,22)/b6-5+. The largest absolute Gasteiger partial charge is 0.478 e. The average Bonchev–Trinajstić information content (AvgIpc) is 2.81. The van der Waals surface area contributed by atoms with E-state index in [2.05, 4.69) is 33.4 Å². The molecule has 0 spiro atoms. The summed E-state index contributed by atoms with van der Waals surface area (Å²) < 4.78 is 1.05. The molecule has 110 valence electrons. The van der Waals surface area contributed by atoms with Gasteiger partial charge < -0.3 is 10.4 Å². The van der Waals surface area contributed by atoms with Crippen LogP contribution < -0.4 is 5.32 Å². The summed E-state index contributed by atoms with van der Waals surface area (Å²) in [6.45, 7) is 0. The third kappa shape index (κ3) is 2.94. The van der Waals surface area contributed by atoms with Crippen LogP contribution in [-0.4, -0.2) is 17.0 Å². The first-order chi connectivity index (χ1) is 10.5. The van der Waals surface area contributed by atoms with Crippen LogP contribution in [0.4, 0.5) is 5.69 Å². The molecule has 0 radical (unpaired) electrons. The summed E-state index contributed by atoms with van der Waals surface area (Å²) in [6, 6.07) is 11.9. The van der Waals surface area contributed by atoms with Gasteiger partial charge in [0.2, 0.25) is 5.91 Å². The number of benzene rings is 2. The van der Waals surface area contributed by atoms with Crippen LogP contribution in [0.2, 0.25) is 0 Å². The number of nitrogens with one attached hydrogen (secondary N) is 1. The first kappa shape index (κ1) is 14.5. The van der Waals surface area contributed by atoms with Crippen molar-refractivity contribution in [1.82, 2.24) is 0 Å². The Bertz CT molecular complexity index is 812. The summed E-state index contributed by atoms with van der Waals surface area (Å²) in [4.78, 5) is 22.0. The van der Waals surface area contributed by atoms with Gasteiger partial charge in [0.15, 0.2) is 0 Å². The molecule has 0 unspecified atom stereocenters. The Labute approximate surface area is 135 Å². The van der Waals surface area contributed by atoms with Crippen molar-refractivity contribution >= 4 is 33.5 Å². The van der Waals surface area contributed by atoms with E-state index in [0.29, 0.717) is 5.69 Å². The molecule has 2 aromatic carbocycles. The number of carbonyl (C=O) groups is 2. The van der Waals surface area contributed by atoms with Crippen LogP contribution >= 0.6 is 15.9 Å². The van der Waals surface area contributed by atoms with Gasteiger partial charge in [-0.2, -0.15) is 0 Å². The number of rotatable bonds is 3. The maximum atomic E-state index is 11.6. The summed E-state index contributed by atoms with van der Waals surface area (Å²) in [7, 11) is 0. The van der Waals surface area contributed by atoms with Crippen LogP contribution in [0.15, 0.2) is 53.0 Å². The molecule has 0 aliphatic heterocycles. The summed E-state index contributed by atoms with van der Waals surface area (Å²) in [5.74, 6) is -1.61. The third-order valence-corrected chi connectivity index (χ3v) is 3.98. The Morgan fingerprint density at radius 1 is 1.05 bits per heavy atom. The normalized spacial score (nSPS) is 12.0.